The van der Waals surface area contributed by atoms with Gasteiger partial charge in [0.05, 0.1) is 48.7 Å². The van der Waals surface area contributed by atoms with E-state index in [-0.39, 0.29) is 24.1 Å². The summed E-state index contributed by atoms with van der Waals surface area (Å²) < 4.78 is 39.8. The number of fused-ring (bicyclic) bond motifs is 4. The summed E-state index contributed by atoms with van der Waals surface area (Å²) in [6.45, 7) is 6.09. The topological polar surface area (TPSA) is 136 Å². The summed E-state index contributed by atoms with van der Waals surface area (Å²) in [4.78, 5) is 18.8. The molecule has 3 aromatic rings. The highest BCUT2D eigenvalue weighted by atomic mass is 19.1. The van der Waals surface area contributed by atoms with Crippen molar-refractivity contribution in [2.75, 3.05) is 56.6 Å². The van der Waals surface area contributed by atoms with Gasteiger partial charge < -0.3 is 29.3 Å². The minimum Gasteiger partial charge on any atom is -0.461 e. The highest BCUT2D eigenvalue weighted by molar-refractivity contribution is 5.63. The van der Waals surface area contributed by atoms with Gasteiger partial charge in [-0.05, 0) is 50.3 Å². The van der Waals surface area contributed by atoms with Gasteiger partial charge in [-0.1, -0.05) is 6.07 Å². The number of aryl methyl sites for hydroxylation is 2. The number of aromatic nitrogens is 3. The van der Waals surface area contributed by atoms with Crippen LogP contribution in [0.5, 0.6) is 6.01 Å². The Morgan fingerprint density at radius 3 is 2.96 bits per heavy atom. The first-order valence-corrected chi connectivity index (χ1v) is 16.5. The largest absolute Gasteiger partial charge is 0.461 e. The molecular weight excluding hydrogens is 589 g/mol. The molecule has 0 bridgehead atoms. The number of rotatable bonds is 5. The molecule has 11 nitrogen and oxygen atoms in total. The molecule has 12 heteroatoms. The van der Waals surface area contributed by atoms with E-state index in [0.29, 0.717) is 69.4 Å². The fraction of sp³-hybridized carbons (Fsp3) is 0.588. The van der Waals surface area contributed by atoms with Crippen LogP contribution in [-0.4, -0.2) is 77.6 Å². The number of nitrogens with zero attached hydrogens (tertiary/aromatic N) is 6. The van der Waals surface area contributed by atoms with Crippen molar-refractivity contribution in [3.05, 3.63) is 57.9 Å². The molecule has 3 fully saturated rings. The van der Waals surface area contributed by atoms with Crippen molar-refractivity contribution >= 4 is 11.5 Å². The van der Waals surface area contributed by atoms with Crippen LogP contribution >= 0.6 is 0 Å². The van der Waals surface area contributed by atoms with Crippen LogP contribution in [0.25, 0.3) is 0 Å². The van der Waals surface area contributed by atoms with Crippen LogP contribution < -0.4 is 15.4 Å². The summed E-state index contributed by atoms with van der Waals surface area (Å²) in [5.74, 6) is 2.11. The van der Waals surface area contributed by atoms with Crippen LogP contribution in [-0.2, 0) is 34.5 Å². The minimum atomic E-state index is -0.845. The van der Waals surface area contributed by atoms with E-state index in [2.05, 4.69) is 20.9 Å². The average Bonchev–Trinajstić information content (AvgIpc) is 3.67. The molecular formula is C34H40FN7O4. The lowest BCUT2D eigenvalue weighted by atomic mass is 9.72. The summed E-state index contributed by atoms with van der Waals surface area (Å²) >= 11 is 0. The quantitative estimate of drug-likeness (QED) is 0.409. The van der Waals surface area contributed by atoms with Crippen LogP contribution in [0.2, 0.25) is 0 Å². The Bertz CT molecular complexity index is 1690. The maximum absolute atomic E-state index is 14.6. The fourth-order valence-corrected chi connectivity index (χ4v) is 8.56. The number of nitrogen functional groups attached to an aromatic ring is 1. The van der Waals surface area contributed by atoms with Crippen molar-refractivity contribution in [1.82, 2.24) is 19.9 Å². The first-order chi connectivity index (χ1) is 22.4. The van der Waals surface area contributed by atoms with Gasteiger partial charge in [0, 0.05) is 56.2 Å². The lowest BCUT2D eigenvalue weighted by molar-refractivity contribution is -0.0857. The monoisotopic (exact) mass is 629 g/mol. The minimum absolute atomic E-state index is 0.0353. The van der Waals surface area contributed by atoms with E-state index in [1.165, 1.54) is 0 Å². The fourth-order valence-electron chi connectivity index (χ4n) is 8.56. The maximum Gasteiger partial charge on any atom is 0.318 e. The van der Waals surface area contributed by atoms with Gasteiger partial charge in [-0.15, -0.1) is 0 Å². The number of benzene rings is 1. The van der Waals surface area contributed by atoms with E-state index in [1.807, 2.05) is 19.1 Å². The van der Waals surface area contributed by atoms with Gasteiger partial charge in [0.15, 0.2) is 5.89 Å². The predicted molar refractivity (Wildman–Crippen MR) is 166 cm³/mol. The molecule has 242 valence electrons. The zero-order chi connectivity index (χ0) is 31.5. The normalized spacial score (nSPS) is 29.2. The average molecular weight is 630 g/mol. The molecule has 0 saturated carbocycles. The molecule has 2 aromatic heterocycles. The second kappa shape index (κ2) is 11.5. The van der Waals surface area contributed by atoms with Crippen LogP contribution in [0.3, 0.4) is 0 Å². The van der Waals surface area contributed by atoms with Crippen molar-refractivity contribution in [1.29, 1.82) is 5.26 Å². The predicted octanol–water partition coefficient (Wildman–Crippen LogP) is 4.11. The van der Waals surface area contributed by atoms with Crippen molar-refractivity contribution in [3.63, 3.8) is 0 Å². The van der Waals surface area contributed by atoms with Gasteiger partial charge in [0.25, 0.3) is 0 Å². The molecule has 1 spiro atoms. The maximum atomic E-state index is 14.6. The third-order valence-electron chi connectivity index (χ3n) is 10.8. The van der Waals surface area contributed by atoms with Gasteiger partial charge >= 0.3 is 6.01 Å². The summed E-state index contributed by atoms with van der Waals surface area (Å²) in [6, 6.07) is 6.50. The second-order valence-corrected chi connectivity index (χ2v) is 13.6. The van der Waals surface area contributed by atoms with Gasteiger partial charge in [0.1, 0.15) is 36.0 Å². The van der Waals surface area contributed by atoms with Crippen LogP contribution in [0.4, 0.5) is 15.9 Å². The zero-order valence-corrected chi connectivity index (χ0v) is 26.3. The van der Waals surface area contributed by atoms with Gasteiger partial charge in [-0.25, -0.2) is 9.37 Å². The van der Waals surface area contributed by atoms with Crippen LogP contribution in [0.15, 0.2) is 22.7 Å². The molecule has 4 atom stereocenters. The van der Waals surface area contributed by atoms with Crippen LogP contribution in [0, 0.1) is 18.3 Å². The van der Waals surface area contributed by atoms with Gasteiger partial charge in [0.2, 0.25) is 0 Å². The van der Waals surface area contributed by atoms with Crippen molar-refractivity contribution in [2.24, 2.45) is 0 Å². The smallest absolute Gasteiger partial charge is 0.318 e. The number of halogens is 1. The molecule has 4 aliphatic heterocycles. The van der Waals surface area contributed by atoms with Crippen molar-refractivity contribution < 1.29 is 23.0 Å². The Balaban J connectivity index is 1.18. The third kappa shape index (κ3) is 5.00. The zero-order valence-electron chi connectivity index (χ0n) is 26.3. The number of hydrogen-bond donors (Lipinski definition) is 1. The van der Waals surface area contributed by atoms with E-state index >= 15 is 0 Å². The van der Waals surface area contributed by atoms with Gasteiger partial charge in [-0.2, -0.15) is 15.2 Å². The van der Waals surface area contributed by atoms with E-state index in [0.717, 1.165) is 72.6 Å². The first-order valence-electron chi connectivity index (χ1n) is 16.5. The summed E-state index contributed by atoms with van der Waals surface area (Å²) in [6.07, 6.45) is 6.37. The Labute approximate surface area is 267 Å². The number of nitriles is 1. The Kier molecular flexibility index (Phi) is 7.38. The molecule has 8 rings (SSSR count). The molecule has 1 aromatic carbocycles. The Morgan fingerprint density at radius 1 is 1.20 bits per heavy atom. The molecule has 6 heterocycles. The van der Waals surface area contributed by atoms with E-state index < -0.39 is 11.8 Å². The summed E-state index contributed by atoms with van der Waals surface area (Å²) in [5, 5.41) is 10.2. The van der Waals surface area contributed by atoms with Crippen molar-refractivity contribution in [2.45, 2.75) is 81.7 Å². The highest BCUT2D eigenvalue weighted by Gasteiger charge is 2.50. The highest BCUT2D eigenvalue weighted by Crippen LogP contribution is 2.48. The first kappa shape index (κ1) is 29.6. The summed E-state index contributed by atoms with van der Waals surface area (Å²) in [7, 11) is 0. The lowest BCUT2D eigenvalue weighted by Gasteiger charge is -2.43. The number of oxazole rings is 1. The molecule has 5 aliphatic rings. The van der Waals surface area contributed by atoms with E-state index in [9.17, 15) is 9.65 Å². The number of alkyl halides is 1. The van der Waals surface area contributed by atoms with E-state index in [1.54, 1.807) is 6.20 Å². The number of ether oxygens (including phenoxy) is 3. The number of hydrogen-bond acceptors (Lipinski definition) is 11. The van der Waals surface area contributed by atoms with E-state index in [4.69, 9.17) is 34.3 Å². The third-order valence-corrected chi connectivity index (χ3v) is 10.8. The molecule has 2 N–H and O–H groups in total. The molecule has 0 amide bonds. The standard InChI is InChI=1S/C34H40FN7O4/c1-21-38-15-29(46-21)23-16-41(10-11-43-18-23)31-26-19-45-34(8-2-4-22-5-6-27(37)25(14-36)30(22)34)13-28(26)39-32(40-31)44-20-33-7-3-9-42(33)17-24(35)12-33/h5-6,15,23-24H,2-4,7-13,16-20,37H2,1H3/t23?,24-,33+,34+/m1/s1. The van der Waals surface area contributed by atoms with Gasteiger partial charge in [-0.3, -0.25) is 4.90 Å². The van der Waals surface area contributed by atoms with Crippen LogP contribution in [0.1, 0.15) is 77.6 Å². The molecule has 0 radical (unpaired) electrons. The number of anilines is 2. The Hall–Kier alpha value is -3.79. The molecule has 46 heavy (non-hydrogen) atoms. The number of nitrogens with two attached hydrogens (primary N) is 1. The molecule has 1 aliphatic carbocycles. The SMILES string of the molecule is Cc1ncc(C2COCCN(c3nc(OC[C@@]45CCCN4C[C@H](F)C5)nc4c3CO[C@@]3(CCCc5ccc(N)c(C#N)c53)C4)C2)o1. The molecule has 1 unspecified atom stereocenters. The summed E-state index contributed by atoms with van der Waals surface area (Å²) in [5.41, 5.74) is 9.98. The van der Waals surface area contributed by atoms with Crippen molar-refractivity contribution in [3.8, 4) is 12.1 Å². The lowest BCUT2D eigenvalue weighted by Crippen LogP contribution is -2.44. The second-order valence-electron chi connectivity index (χ2n) is 13.6. The Morgan fingerprint density at radius 2 is 2.11 bits per heavy atom. The molecule has 3 saturated heterocycles.